The van der Waals surface area contributed by atoms with Crippen LogP contribution in [0.1, 0.15) is 49.2 Å². The molecule has 0 bridgehead atoms. The second-order valence-corrected chi connectivity index (χ2v) is 6.12. The van der Waals surface area contributed by atoms with E-state index in [1.807, 2.05) is 30.3 Å². The fraction of sp³-hybridized carbons (Fsp3) is 0.353. The highest BCUT2D eigenvalue weighted by Crippen LogP contribution is 2.31. The molecule has 116 valence electrons. The minimum Gasteiger partial charge on any atom is -0.302 e. The Morgan fingerprint density at radius 2 is 1.91 bits per heavy atom. The quantitative estimate of drug-likeness (QED) is 0.603. The maximum Gasteiger partial charge on any atom is 0.226 e. The van der Waals surface area contributed by atoms with E-state index < -0.39 is 0 Å². The Labute approximate surface area is 134 Å². The maximum absolute atomic E-state index is 11.9. The number of nitrogens with one attached hydrogen (secondary N) is 1. The van der Waals surface area contributed by atoms with Gasteiger partial charge in [-0.05, 0) is 6.42 Å². The predicted molar refractivity (Wildman–Crippen MR) is 90.3 cm³/mol. The first kappa shape index (κ1) is 16.4. The van der Waals surface area contributed by atoms with E-state index in [1.54, 1.807) is 0 Å². The molecule has 0 saturated heterocycles. The van der Waals surface area contributed by atoms with Crippen LogP contribution in [-0.4, -0.2) is 16.7 Å². The molecular weight excluding hydrogens is 296 g/mol. The molecule has 22 heavy (non-hydrogen) atoms. The first-order chi connectivity index (χ1) is 10.6. The van der Waals surface area contributed by atoms with Gasteiger partial charge < -0.3 is 5.32 Å². The van der Waals surface area contributed by atoms with Gasteiger partial charge in [0, 0.05) is 18.9 Å². The molecule has 4 nitrogen and oxygen atoms in total. The number of carbonyl (C=O) groups is 2. The first-order valence-electron chi connectivity index (χ1n) is 7.49. The number of benzene rings is 1. The smallest absolute Gasteiger partial charge is 0.226 e. The van der Waals surface area contributed by atoms with Crippen LogP contribution in [0.4, 0.5) is 5.13 Å². The minimum atomic E-state index is -0.0445. The summed E-state index contributed by atoms with van der Waals surface area (Å²) in [7, 11) is 0. The third-order valence-electron chi connectivity index (χ3n) is 3.25. The zero-order valence-electron chi connectivity index (χ0n) is 12.9. The molecule has 1 N–H and O–H groups in total. The van der Waals surface area contributed by atoms with Gasteiger partial charge in [0.05, 0.1) is 10.6 Å². The SMILES string of the molecule is CCCCCC(=O)Nc1nc(-c2ccccc2)c(C(C)=O)s1. The van der Waals surface area contributed by atoms with Crippen molar-refractivity contribution in [2.45, 2.75) is 39.5 Å². The van der Waals surface area contributed by atoms with Gasteiger partial charge in [-0.2, -0.15) is 0 Å². The van der Waals surface area contributed by atoms with Crippen LogP contribution >= 0.6 is 11.3 Å². The molecule has 0 aliphatic rings. The van der Waals surface area contributed by atoms with E-state index in [4.69, 9.17) is 0 Å². The number of Topliss-reactive ketones (excluding diaryl/α,β-unsaturated/α-hetero) is 1. The molecule has 0 saturated carbocycles. The van der Waals surface area contributed by atoms with E-state index in [1.165, 1.54) is 18.3 Å². The van der Waals surface area contributed by atoms with Crippen LogP contribution in [0.25, 0.3) is 11.3 Å². The molecule has 2 aromatic rings. The number of carbonyl (C=O) groups excluding carboxylic acids is 2. The fourth-order valence-electron chi connectivity index (χ4n) is 2.12. The molecule has 0 aliphatic carbocycles. The van der Waals surface area contributed by atoms with Gasteiger partial charge in [-0.25, -0.2) is 4.98 Å². The van der Waals surface area contributed by atoms with Gasteiger partial charge in [-0.15, -0.1) is 0 Å². The van der Waals surface area contributed by atoms with E-state index in [0.717, 1.165) is 24.8 Å². The largest absolute Gasteiger partial charge is 0.302 e. The molecule has 1 amide bonds. The van der Waals surface area contributed by atoms with Gasteiger partial charge in [0.15, 0.2) is 10.9 Å². The number of hydrogen-bond acceptors (Lipinski definition) is 4. The Morgan fingerprint density at radius 1 is 1.18 bits per heavy atom. The normalized spacial score (nSPS) is 10.5. The minimum absolute atomic E-state index is 0.0390. The van der Waals surface area contributed by atoms with Crippen LogP contribution in [-0.2, 0) is 4.79 Å². The van der Waals surface area contributed by atoms with Crippen LogP contribution in [0.5, 0.6) is 0 Å². The molecule has 1 aromatic heterocycles. The molecule has 1 heterocycles. The number of thiazole rings is 1. The summed E-state index contributed by atoms with van der Waals surface area (Å²) in [5, 5.41) is 3.29. The average molecular weight is 316 g/mol. The van der Waals surface area contributed by atoms with Crippen molar-refractivity contribution in [3.63, 3.8) is 0 Å². The number of ketones is 1. The Balaban J connectivity index is 2.17. The summed E-state index contributed by atoms with van der Waals surface area (Å²) >= 11 is 1.24. The van der Waals surface area contributed by atoms with E-state index in [9.17, 15) is 9.59 Å². The highest BCUT2D eigenvalue weighted by atomic mass is 32.1. The molecule has 5 heteroatoms. The fourth-order valence-corrected chi connectivity index (χ4v) is 3.02. The van der Waals surface area contributed by atoms with E-state index in [2.05, 4.69) is 17.2 Å². The zero-order chi connectivity index (χ0) is 15.9. The molecule has 0 unspecified atom stereocenters. The van der Waals surface area contributed by atoms with E-state index >= 15 is 0 Å². The molecule has 0 radical (unpaired) electrons. The number of unbranched alkanes of at least 4 members (excludes halogenated alkanes) is 2. The summed E-state index contributed by atoms with van der Waals surface area (Å²) in [5.41, 5.74) is 1.53. The summed E-state index contributed by atoms with van der Waals surface area (Å²) in [6, 6.07) is 9.55. The van der Waals surface area contributed by atoms with E-state index in [0.29, 0.717) is 22.1 Å². The molecule has 0 atom stereocenters. The lowest BCUT2D eigenvalue weighted by atomic mass is 10.1. The Bertz CT molecular complexity index is 650. The monoisotopic (exact) mass is 316 g/mol. The van der Waals surface area contributed by atoms with E-state index in [-0.39, 0.29) is 11.7 Å². The molecule has 0 spiro atoms. The van der Waals surface area contributed by atoms with Gasteiger partial charge in [-0.3, -0.25) is 9.59 Å². The second-order valence-electron chi connectivity index (χ2n) is 5.12. The first-order valence-corrected chi connectivity index (χ1v) is 8.30. The number of rotatable bonds is 7. The molecule has 0 aliphatic heterocycles. The van der Waals surface area contributed by atoms with Crippen LogP contribution < -0.4 is 5.32 Å². The Morgan fingerprint density at radius 3 is 2.55 bits per heavy atom. The van der Waals surface area contributed by atoms with Crippen molar-refractivity contribution in [3.8, 4) is 11.3 Å². The third-order valence-corrected chi connectivity index (χ3v) is 4.32. The third kappa shape index (κ3) is 4.24. The van der Waals surface area contributed by atoms with Crippen LogP contribution in [0, 0.1) is 0 Å². The van der Waals surface area contributed by atoms with Crippen LogP contribution in [0.3, 0.4) is 0 Å². The Kier molecular flexibility index (Phi) is 5.83. The highest BCUT2D eigenvalue weighted by Gasteiger charge is 2.17. The van der Waals surface area contributed by atoms with Gasteiger partial charge in [0.1, 0.15) is 0 Å². The number of amides is 1. The molecule has 0 fully saturated rings. The number of anilines is 1. The molecule has 1 aromatic carbocycles. The number of hydrogen-bond donors (Lipinski definition) is 1. The average Bonchev–Trinajstić information content (AvgIpc) is 2.92. The lowest BCUT2D eigenvalue weighted by molar-refractivity contribution is -0.116. The summed E-state index contributed by atoms with van der Waals surface area (Å²) in [4.78, 5) is 28.7. The standard InChI is InChI=1S/C17H20N2O2S/c1-3-4-6-11-14(21)18-17-19-15(16(22-17)12(2)20)13-9-7-5-8-10-13/h5,7-10H,3-4,6,11H2,1-2H3,(H,18,19,21). The van der Waals surface area contributed by atoms with Crippen molar-refractivity contribution in [2.24, 2.45) is 0 Å². The van der Waals surface area contributed by atoms with Crippen molar-refractivity contribution in [2.75, 3.05) is 5.32 Å². The van der Waals surface area contributed by atoms with Crippen molar-refractivity contribution in [1.82, 2.24) is 4.98 Å². The van der Waals surface area contributed by atoms with Gasteiger partial charge in [0.2, 0.25) is 5.91 Å². The van der Waals surface area contributed by atoms with Crippen molar-refractivity contribution < 1.29 is 9.59 Å². The van der Waals surface area contributed by atoms with Gasteiger partial charge >= 0.3 is 0 Å². The number of nitrogens with zero attached hydrogens (tertiary/aromatic N) is 1. The molecular formula is C17H20N2O2S. The van der Waals surface area contributed by atoms with Crippen molar-refractivity contribution in [3.05, 3.63) is 35.2 Å². The number of aromatic nitrogens is 1. The summed E-state index contributed by atoms with van der Waals surface area (Å²) in [5.74, 6) is -0.0836. The van der Waals surface area contributed by atoms with Gasteiger partial charge in [-0.1, -0.05) is 61.4 Å². The maximum atomic E-state index is 11.9. The lowest BCUT2D eigenvalue weighted by Crippen LogP contribution is -2.10. The molecule has 2 rings (SSSR count). The topological polar surface area (TPSA) is 59.1 Å². The van der Waals surface area contributed by atoms with Crippen molar-refractivity contribution >= 4 is 28.2 Å². The van der Waals surface area contributed by atoms with Gasteiger partial charge in [0.25, 0.3) is 0 Å². The van der Waals surface area contributed by atoms with Crippen LogP contribution in [0.15, 0.2) is 30.3 Å². The van der Waals surface area contributed by atoms with Crippen molar-refractivity contribution in [1.29, 1.82) is 0 Å². The Hall–Kier alpha value is -2.01. The highest BCUT2D eigenvalue weighted by molar-refractivity contribution is 7.18. The predicted octanol–water partition coefficient (Wildman–Crippen LogP) is 4.53. The zero-order valence-corrected chi connectivity index (χ0v) is 13.7. The summed E-state index contributed by atoms with van der Waals surface area (Å²) in [6.07, 6.45) is 3.48. The second kappa shape index (κ2) is 7.84. The summed E-state index contributed by atoms with van der Waals surface area (Å²) < 4.78 is 0. The van der Waals surface area contributed by atoms with Crippen LogP contribution in [0.2, 0.25) is 0 Å². The lowest BCUT2D eigenvalue weighted by Gasteiger charge is -2.00. The summed E-state index contributed by atoms with van der Waals surface area (Å²) in [6.45, 7) is 3.62.